The predicted octanol–water partition coefficient (Wildman–Crippen LogP) is 5.41. The lowest BCUT2D eigenvalue weighted by molar-refractivity contribution is 0.0695. The van der Waals surface area contributed by atoms with Crippen LogP contribution in [0.5, 0.6) is 0 Å². The molecule has 0 unspecified atom stereocenters. The Kier molecular flexibility index (Phi) is 5.87. The van der Waals surface area contributed by atoms with Crippen LogP contribution in [0.25, 0.3) is 0 Å². The topological polar surface area (TPSA) is 37.3 Å². The van der Waals surface area contributed by atoms with Crippen LogP contribution in [0.3, 0.4) is 0 Å². The SMILES string of the molecule is CC[C@H](C)Sc1c(C(Cl)(Cl)Cl)ccc(C(=O)O)c1C. The number of halogens is 3. The Morgan fingerprint density at radius 1 is 1.42 bits per heavy atom. The summed E-state index contributed by atoms with van der Waals surface area (Å²) >= 11 is 19.4. The number of benzene rings is 1. The van der Waals surface area contributed by atoms with E-state index < -0.39 is 9.76 Å². The van der Waals surface area contributed by atoms with Gasteiger partial charge in [0.05, 0.1) is 5.56 Å². The van der Waals surface area contributed by atoms with Crippen molar-refractivity contribution in [2.45, 2.75) is 41.1 Å². The van der Waals surface area contributed by atoms with E-state index in [-0.39, 0.29) is 5.56 Å². The summed E-state index contributed by atoms with van der Waals surface area (Å²) in [4.78, 5) is 11.9. The predicted molar refractivity (Wildman–Crippen MR) is 83.0 cm³/mol. The van der Waals surface area contributed by atoms with E-state index in [0.29, 0.717) is 16.4 Å². The van der Waals surface area contributed by atoms with E-state index in [1.54, 1.807) is 13.0 Å². The maximum Gasteiger partial charge on any atom is 0.335 e. The number of thioether (sulfide) groups is 1. The zero-order valence-corrected chi connectivity index (χ0v) is 13.9. The minimum Gasteiger partial charge on any atom is -0.478 e. The maximum absolute atomic E-state index is 11.2. The first-order chi connectivity index (χ1) is 8.68. The van der Waals surface area contributed by atoms with Crippen molar-refractivity contribution in [2.75, 3.05) is 0 Å². The monoisotopic (exact) mass is 340 g/mol. The van der Waals surface area contributed by atoms with E-state index in [1.807, 2.05) is 0 Å². The third kappa shape index (κ3) is 4.19. The Hall–Kier alpha value is -0.0900. The summed E-state index contributed by atoms with van der Waals surface area (Å²) in [7, 11) is 0. The van der Waals surface area contributed by atoms with Crippen LogP contribution < -0.4 is 0 Å². The van der Waals surface area contributed by atoms with Crippen LogP contribution in [0, 0.1) is 6.92 Å². The number of rotatable bonds is 4. The van der Waals surface area contributed by atoms with E-state index in [0.717, 1.165) is 11.3 Å². The molecule has 1 N–H and O–H groups in total. The third-order valence-electron chi connectivity index (χ3n) is 2.84. The van der Waals surface area contributed by atoms with Crippen molar-refractivity contribution in [3.63, 3.8) is 0 Å². The summed E-state index contributed by atoms with van der Waals surface area (Å²) in [6.45, 7) is 5.86. The molecule has 0 aliphatic rings. The summed E-state index contributed by atoms with van der Waals surface area (Å²) in [5, 5.41) is 9.48. The molecule has 6 heteroatoms. The summed E-state index contributed by atoms with van der Waals surface area (Å²) < 4.78 is -1.56. The van der Waals surface area contributed by atoms with Crippen molar-refractivity contribution < 1.29 is 9.90 Å². The molecule has 0 amide bonds. The average Bonchev–Trinajstić information content (AvgIpc) is 2.29. The van der Waals surface area contributed by atoms with Gasteiger partial charge < -0.3 is 5.11 Å². The number of alkyl halides is 3. The number of carboxylic acid groups (broad SMARTS) is 1. The van der Waals surface area contributed by atoms with Gasteiger partial charge in [-0.25, -0.2) is 4.79 Å². The normalized spacial score (nSPS) is 13.4. The Morgan fingerprint density at radius 2 is 2.00 bits per heavy atom. The van der Waals surface area contributed by atoms with Gasteiger partial charge in [-0.2, -0.15) is 0 Å². The average molecular weight is 342 g/mol. The smallest absolute Gasteiger partial charge is 0.335 e. The first-order valence-electron chi connectivity index (χ1n) is 5.79. The third-order valence-corrected chi connectivity index (χ3v) is 4.94. The molecule has 0 aliphatic heterocycles. The number of aromatic carboxylic acids is 1. The van der Waals surface area contributed by atoms with Crippen molar-refractivity contribution in [1.82, 2.24) is 0 Å². The number of carbonyl (C=O) groups is 1. The van der Waals surface area contributed by atoms with E-state index in [2.05, 4.69) is 13.8 Å². The van der Waals surface area contributed by atoms with Crippen LogP contribution in [0.15, 0.2) is 17.0 Å². The molecule has 0 bridgehead atoms. The van der Waals surface area contributed by atoms with E-state index in [1.165, 1.54) is 17.8 Å². The van der Waals surface area contributed by atoms with Crippen molar-refractivity contribution >= 4 is 52.5 Å². The van der Waals surface area contributed by atoms with Crippen LogP contribution >= 0.6 is 46.6 Å². The molecular weight excluding hydrogens is 327 g/mol. The summed E-state index contributed by atoms with van der Waals surface area (Å²) in [5.74, 6) is -0.973. The molecule has 2 nitrogen and oxygen atoms in total. The van der Waals surface area contributed by atoms with Gasteiger partial charge in [0.1, 0.15) is 0 Å². The van der Waals surface area contributed by atoms with Gasteiger partial charge in [-0.05, 0) is 25.0 Å². The van der Waals surface area contributed by atoms with Gasteiger partial charge in [0.25, 0.3) is 0 Å². The quantitative estimate of drug-likeness (QED) is 0.587. The van der Waals surface area contributed by atoms with Crippen LogP contribution in [-0.2, 0) is 3.79 Å². The zero-order valence-electron chi connectivity index (χ0n) is 10.8. The number of hydrogen-bond donors (Lipinski definition) is 1. The molecule has 0 saturated carbocycles. The lowest BCUT2D eigenvalue weighted by Gasteiger charge is -2.21. The van der Waals surface area contributed by atoms with Crippen molar-refractivity contribution in [2.24, 2.45) is 0 Å². The van der Waals surface area contributed by atoms with Crippen LogP contribution in [0.1, 0.15) is 41.8 Å². The molecule has 0 fully saturated rings. The van der Waals surface area contributed by atoms with Gasteiger partial charge in [0.2, 0.25) is 3.79 Å². The second-order valence-electron chi connectivity index (χ2n) is 4.25. The zero-order chi connectivity index (χ0) is 14.8. The molecule has 0 aliphatic carbocycles. The van der Waals surface area contributed by atoms with Crippen molar-refractivity contribution in [3.8, 4) is 0 Å². The fourth-order valence-electron chi connectivity index (χ4n) is 1.58. The largest absolute Gasteiger partial charge is 0.478 e. The summed E-state index contributed by atoms with van der Waals surface area (Å²) in [5.41, 5.74) is 1.41. The second kappa shape index (κ2) is 6.57. The van der Waals surface area contributed by atoms with Crippen LogP contribution in [-0.4, -0.2) is 16.3 Å². The molecule has 19 heavy (non-hydrogen) atoms. The molecule has 0 saturated heterocycles. The summed E-state index contributed by atoms with van der Waals surface area (Å²) in [6.07, 6.45) is 0.945. The fourth-order valence-corrected chi connectivity index (χ4v) is 3.43. The standard InChI is InChI=1S/C13H15Cl3O2S/c1-4-7(2)19-11-8(3)9(12(17)18)5-6-10(11)13(14,15)16/h5-7H,4H2,1-3H3,(H,17,18)/t7-/m0/s1. The molecule has 1 atom stereocenters. The highest BCUT2D eigenvalue weighted by Gasteiger charge is 2.29. The lowest BCUT2D eigenvalue weighted by atomic mass is 10.1. The Bertz CT molecular complexity index is 484. The highest BCUT2D eigenvalue weighted by molar-refractivity contribution is 8.00. The van der Waals surface area contributed by atoms with Gasteiger partial charge in [-0.3, -0.25) is 0 Å². The second-order valence-corrected chi connectivity index (χ2v) is 7.98. The first-order valence-corrected chi connectivity index (χ1v) is 7.80. The molecule has 0 radical (unpaired) electrons. The molecule has 0 aromatic heterocycles. The lowest BCUT2D eigenvalue weighted by Crippen LogP contribution is -2.10. The van der Waals surface area contributed by atoms with Gasteiger partial charge >= 0.3 is 5.97 Å². The minimum absolute atomic E-state index is 0.240. The van der Waals surface area contributed by atoms with Gasteiger partial charge in [-0.15, -0.1) is 11.8 Å². The first kappa shape index (κ1) is 17.0. The van der Waals surface area contributed by atoms with Crippen LogP contribution in [0.4, 0.5) is 0 Å². The Morgan fingerprint density at radius 3 is 2.42 bits per heavy atom. The molecular formula is C13H15Cl3O2S. The minimum atomic E-state index is -1.56. The number of carboxylic acids is 1. The van der Waals surface area contributed by atoms with Crippen LogP contribution in [0.2, 0.25) is 0 Å². The highest BCUT2D eigenvalue weighted by Crippen LogP contribution is 2.45. The molecule has 0 heterocycles. The van der Waals surface area contributed by atoms with Crippen molar-refractivity contribution in [1.29, 1.82) is 0 Å². The molecule has 1 aromatic carbocycles. The van der Waals surface area contributed by atoms with E-state index in [4.69, 9.17) is 39.9 Å². The number of hydrogen-bond acceptors (Lipinski definition) is 2. The summed E-state index contributed by atoms with van der Waals surface area (Å²) in [6, 6.07) is 3.06. The maximum atomic E-state index is 11.2. The van der Waals surface area contributed by atoms with E-state index in [9.17, 15) is 4.79 Å². The van der Waals surface area contributed by atoms with E-state index >= 15 is 0 Å². The fraction of sp³-hybridized carbons (Fsp3) is 0.462. The van der Waals surface area contributed by atoms with Gasteiger partial charge in [0, 0.05) is 15.7 Å². The molecule has 0 spiro atoms. The van der Waals surface area contributed by atoms with Gasteiger partial charge in [0.15, 0.2) is 0 Å². The molecule has 1 rings (SSSR count). The highest BCUT2D eigenvalue weighted by atomic mass is 35.6. The van der Waals surface area contributed by atoms with Gasteiger partial charge in [-0.1, -0.05) is 54.7 Å². The molecule has 106 valence electrons. The Labute approximate surface area is 132 Å². The molecule has 1 aromatic rings. The van der Waals surface area contributed by atoms with Crippen molar-refractivity contribution in [3.05, 3.63) is 28.8 Å². The Balaban J connectivity index is 3.42.